The van der Waals surface area contributed by atoms with Gasteiger partial charge in [-0.1, -0.05) is 37.6 Å². The van der Waals surface area contributed by atoms with Crippen LogP contribution in [-0.4, -0.2) is 11.8 Å². The third-order valence-corrected chi connectivity index (χ3v) is 2.00. The summed E-state index contributed by atoms with van der Waals surface area (Å²) in [6, 6.07) is 8.66. The molecule has 1 aromatic carbocycles. The van der Waals surface area contributed by atoms with Crippen LogP contribution in [0.1, 0.15) is 30.1 Å². The van der Waals surface area contributed by atoms with E-state index in [1.54, 1.807) is 30.3 Å². The average molecular weight is 217 g/mol. The molecule has 0 aliphatic carbocycles. The maximum absolute atomic E-state index is 11.5. The van der Waals surface area contributed by atoms with Gasteiger partial charge in [0.2, 0.25) is 5.91 Å². The lowest BCUT2D eigenvalue weighted by Gasteiger charge is -2.00. The zero-order valence-corrected chi connectivity index (χ0v) is 9.27. The molecule has 1 N–H and O–H groups in total. The Labute approximate surface area is 95.2 Å². The molecule has 2 amide bonds. The summed E-state index contributed by atoms with van der Waals surface area (Å²) in [4.78, 5) is 22.8. The van der Waals surface area contributed by atoms with Gasteiger partial charge < -0.3 is 0 Å². The predicted octanol–water partition coefficient (Wildman–Crippen LogP) is 2.30. The number of carbonyl (C=O) groups is 2. The summed E-state index contributed by atoms with van der Waals surface area (Å²) in [7, 11) is 0. The molecular formula is C13H15NO2. The second kappa shape index (κ2) is 6.56. The highest BCUT2D eigenvalue weighted by atomic mass is 16.2. The van der Waals surface area contributed by atoms with Crippen molar-refractivity contribution in [3.8, 4) is 0 Å². The van der Waals surface area contributed by atoms with Gasteiger partial charge in [0.05, 0.1) is 0 Å². The summed E-state index contributed by atoms with van der Waals surface area (Å²) >= 11 is 0. The van der Waals surface area contributed by atoms with Crippen LogP contribution < -0.4 is 5.32 Å². The van der Waals surface area contributed by atoms with E-state index in [2.05, 4.69) is 5.32 Å². The largest absolute Gasteiger partial charge is 0.289 e. The molecule has 0 radical (unpaired) electrons. The van der Waals surface area contributed by atoms with E-state index >= 15 is 0 Å². The Morgan fingerprint density at radius 3 is 2.56 bits per heavy atom. The maximum Gasteiger partial charge on any atom is 0.258 e. The molecule has 1 aromatic rings. The van der Waals surface area contributed by atoms with Crippen molar-refractivity contribution in [2.24, 2.45) is 0 Å². The van der Waals surface area contributed by atoms with Crippen LogP contribution in [0.5, 0.6) is 0 Å². The highest BCUT2D eigenvalue weighted by molar-refractivity contribution is 6.07. The van der Waals surface area contributed by atoms with Crippen LogP contribution >= 0.6 is 0 Å². The molecule has 84 valence electrons. The van der Waals surface area contributed by atoms with Gasteiger partial charge in [-0.3, -0.25) is 14.9 Å². The number of imide groups is 1. The zero-order valence-electron chi connectivity index (χ0n) is 9.27. The third-order valence-electron chi connectivity index (χ3n) is 2.00. The Hall–Kier alpha value is -1.90. The fourth-order valence-electron chi connectivity index (χ4n) is 1.17. The molecule has 0 fully saturated rings. The normalized spacial score (nSPS) is 10.3. The summed E-state index contributed by atoms with van der Waals surface area (Å²) < 4.78 is 0. The lowest BCUT2D eigenvalue weighted by atomic mass is 10.2. The van der Waals surface area contributed by atoms with Crippen molar-refractivity contribution in [1.29, 1.82) is 0 Å². The summed E-state index contributed by atoms with van der Waals surface area (Å²) in [6.07, 6.45) is 4.97. The van der Waals surface area contributed by atoms with E-state index < -0.39 is 0 Å². The van der Waals surface area contributed by atoms with Crippen LogP contribution in [0.4, 0.5) is 0 Å². The van der Waals surface area contributed by atoms with Crippen LogP contribution in [0.2, 0.25) is 0 Å². The van der Waals surface area contributed by atoms with Gasteiger partial charge in [0.25, 0.3) is 5.91 Å². The van der Waals surface area contributed by atoms with Crippen LogP contribution in [0.3, 0.4) is 0 Å². The van der Waals surface area contributed by atoms with E-state index in [4.69, 9.17) is 0 Å². The first-order valence-corrected chi connectivity index (χ1v) is 5.31. The van der Waals surface area contributed by atoms with Crippen LogP contribution in [-0.2, 0) is 4.79 Å². The van der Waals surface area contributed by atoms with E-state index in [0.717, 1.165) is 12.8 Å². The number of hydrogen-bond donors (Lipinski definition) is 1. The molecule has 16 heavy (non-hydrogen) atoms. The zero-order chi connectivity index (χ0) is 11.8. The van der Waals surface area contributed by atoms with Crippen molar-refractivity contribution in [3.05, 3.63) is 48.0 Å². The number of carbonyl (C=O) groups excluding carboxylic acids is 2. The molecule has 0 aliphatic heterocycles. The molecule has 1 rings (SSSR count). The highest BCUT2D eigenvalue weighted by Crippen LogP contribution is 1.97. The first-order chi connectivity index (χ1) is 7.74. The minimum atomic E-state index is -0.373. The number of unbranched alkanes of at least 4 members (excludes halogenated alkanes) is 1. The van der Waals surface area contributed by atoms with Crippen molar-refractivity contribution < 1.29 is 9.59 Å². The van der Waals surface area contributed by atoms with E-state index in [1.807, 2.05) is 13.0 Å². The fourth-order valence-corrected chi connectivity index (χ4v) is 1.17. The molecule has 3 nitrogen and oxygen atoms in total. The summed E-state index contributed by atoms with van der Waals surface area (Å²) in [5, 5.41) is 2.29. The van der Waals surface area contributed by atoms with E-state index in [0.29, 0.717) is 5.56 Å². The first kappa shape index (κ1) is 12.2. The van der Waals surface area contributed by atoms with Crippen molar-refractivity contribution in [2.75, 3.05) is 0 Å². The molecular weight excluding hydrogens is 202 g/mol. The van der Waals surface area contributed by atoms with Gasteiger partial charge in [0, 0.05) is 5.56 Å². The quantitative estimate of drug-likeness (QED) is 0.786. The number of benzene rings is 1. The number of allylic oxidation sites excluding steroid dienone is 1. The standard InChI is InChI=1S/C13H15NO2/c1-2-3-5-10-12(15)14-13(16)11-8-6-4-7-9-11/h4-10H,2-3H2,1H3,(H,14,15,16)/b10-5+. The van der Waals surface area contributed by atoms with E-state index in [9.17, 15) is 9.59 Å². The topological polar surface area (TPSA) is 46.2 Å². The molecule has 0 saturated heterocycles. The number of rotatable bonds is 4. The van der Waals surface area contributed by atoms with Gasteiger partial charge in [-0.05, 0) is 24.6 Å². The predicted molar refractivity (Wildman–Crippen MR) is 63.0 cm³/mol. The van der Waals surface area contributed by atoms with Gasteiger partial charge in [-0.15, -0.1) is 0 Å². The van der Waals surface area contributed by atoms with Crippen LogP contribution in [0.25, 0.3) is 0 Å². The third kappa shape index (κ3) is 4.09. The second-order valence-electron chi connectivity index (χ2n) is 3.38. The van der Waals surface area contributed by atoms with Crippen LogP contribution in [0.15, 0.2) is 42.5 Å². The number of hydrogen-bond acceptors (Lipinski definition) is 2. The van der Waals surface area contributed by atoms with Gasteiger partial charge in [0.1, 0.15) is 0 Å². The lowest BCUT2D eigenvalue weighted by Crippen LogP contribution is -2.28. The summed E-state index contributed by atoms with van der Waals surface area (Å²) in [5.74, 6) is -0.742. The average Bonchev–Trinajstić information content (AvgIpc) is 2.30. The molecule has 0 spiro atoms. The Balaban J connectivity index is 2.49. The summed E-state index contributed by atoms with van der Waals surface area (Å²) in [5.41, 5.74) is 0.486. The molecule has 0 saturated carbocycles. The highest BCUT2D eigenvalue weighted by Gasteiger charge is 2.06. The number of nitrogens with one attached hydrogen (secondary N) is 1. The molecule has 0 atom stereocenters. The lowest BCUT2D eigenvalue weighted by molar-refractivity contribution is -0.115. The Kier molecular flexibility index (Phi) is 4.99. The maximum atomic E-state index is 11.5. The van der Waals surface area contributed by atoms with E-state index in [-0.39, 0.29) is 11.8 Å². The Bertz CT molecular complexity index is 382. The van der Waals surface area contributed by atoms with Crippen molar-refractivity contribution >= 4 is 11.8 Å². The molecule has 0 unspecified atom stereocenters. The molecule has 0 heterocycles. The van der Waals surface area contributed by atoms with Gasteiger partial charge in [-0.25, -0.2) is 0 Å². The smallest absolute Gasteiger partial charge is 0.258 e. The SMILES string of the molecule is CCC/C=C/C(=O)NC(=O)c1ccccc1. The summed E-state index contributed by atoms with van der Waals surface area (Å²) in [6.45, 7) is 2.03. The minimum absolute atomic E-state index is 0.369. The van der Waals surface area contributed by atoms with Gasteiger partial charge in [-0.2, -0.15) is 0 Å². The van der Waals surface area contributed by atoms with E-state index in [1.165, 1.54) is 6.08 Å². The first-order valence-electron chi connectivity index (χ1n) is 5.31. The van der Waals surface area contributed by atoms with Gasteiger partial charge >= 0.3 is 0 Å². The van der Waals surface area contributed by atoms with Crippen LogP contribution in [0, 0.1) is 0 Å². The Morgan fingerprint density at radius 1 is 1.25 bits per heavy atom. The molecule has 3 heteroatoms. The molecule has 0 aromatic heterocycles. The monoisotopic (exact) mass is 217 g/mol. The number of amides is 2. The fraction of sp³-hybridized carbons (Fsp3) is 0.231. The van der Waals surface area contributed by atoms with Gasteiger partial charge in [0.15, 0.2) is 0 Å². The van der Waals surface area contributed by atoms with Crippen molar-refractivity contribution in [3.63, 3.8) is 0 Å². The van der Waals surface area contributed by atoms with Crippen molar-refractivity contribution in [1.82, 2.24) is 5.32 Å². The molecule has 0 aliphatic rings. The Morgan fingerprint density at radius 2 is 1.94 bits per heavy atom. The molecule has 0 bridgehead atoms. The second-order valence-corrected chi connectivity index (χ2v) is 3.38. The van der Waals surface area contributed by atoms with Crippen molar-refractivity contribution in [2.45, 2.75) is 19.8 Å². The minimum Gasteiger partial charge on any atom is -0.289 e.